The van der Waals surface area contributed by atoms with Crippen LogP contribution < -0.4 is 0 Å². The summed E-state index contributed by atoms with van der Waals surface area (Å²) in [6.07, 6.45) is 16.5. The van der Waals surface area contributed by atoms with Gasteiger partial charge in [0.1, 0.15) is 0 Å². The molecule has 1 aliphatic rings. The summed E-state index contributed by atoms with van der Waals surface area (Å²) in [6.45, 7) is 16.2. The lowest BCUT2D eigenvalue weighted by Crippen LogP contribution is -2.15. The molecule has 0 spiro atoms. The van der Waals surface area contributed by atoms with Gasteiger partial charge in [-0.15, -0.1) is 0 Å². The van der Waals surface area contributed by atoms with Crippen LogP contribution in [0.2, 0.25) is 0 Å². The Hall–Kier alpha value is -0.960. The molecule has 0 radical (unpaired) electrons. The molecule has 0 aromatic carbocycles. The second-order valence-electron chi connectivity index (χ2n) is 9.26. The molecule has 0 heterocycles. The lowest BCUT2D eigenvalue weighted by atomic mass is 9.83. The first-order chi connectivity index (χ1) is 13.7. The first kappa shape index (κ1) is 30.2. The van der Waals surface area contributed by atoms with Crippen LogP contribution in [0.4, 0.5) is 0 Å². The van der Waals surface area contributed by atoms with E-state index < -0.39 is 0 Å². The zero-order valence-electron chi connectivity index (χ0n) is 20.1. The van der Waals surface area contributed by atoms with E-state index >= 15 is 0 Å². The van der Waals surface area contributed by atoms with Gasteiger partial charge in [-0.1, -0.05) is 92.2 Å². The topological polar surface area (TPSA) is 60.7 Å². The normalized spacial score (nSPS) is 18.3. The minimum absolute atomic E-state index is 0.323. The van der Waals surface area contributed by atoms with E-state index in [0.29, 0.717) is 24.0 Å². The van der Waals surface area contributed by atoms with Gasteiger partial charge in [-0.3, -0.25) is 0 Å². The molecule has 174 valence electrons. The van der Waals surface area contributed by atoms with Crippen LogP contribution in [0.1, 0.15) is 118 Å². The molecule has 0 saturated heterocycles. The quantitative estimate of drug-likeness (QED) is 0.222. The van der Waals surface area contributed by atoms with E-state index in [9.17, 15) is 0 Å². The molecule has 0 bridgehead atoms. The van der Waals surface area contributed by atoms with Crippen LogP contribution in [0.5, 0.6) is 0 Å². The summed E-state index contributed by atoms with van der Waals surface area (Å²) in [6, 6.07) is 0. The maximum Gasteiger partial charge on any atom is 0.0851 e. The van der Waals surface area contributed by atoms with Crippen molar-refractivity contribution in [2.75, 3.05) is 6.61 Å². The van der Waals surface area contributed by atoms with Crippen LogP contribution in [0.3, 0.4) is 0 Å². The summed E-state index contributed by atoms with van der Waals surface area (Å²) in [5.74, 6) is 2.91. The molecule has 3 heteroatoms. The molecular weight excluding hydrogens is 360 g/mol. The van der Waals surface area contributed by atoms with Crippen LogP contribution in [-0.2, 0) is 0 Å². The van der Waals surface area contributed by atoms with E-state index in [2.05, 4.69) is 40.9 Å². The maximum absolute atomic E-state index is 8.81. The first-order valence-electron chi connectivity index (χ1n) is 12.1. The average Bonchev–Trinajstić information content (AvgIpc) is 2.65. The number of unbranched alkanes of at least 4 members (excludes halogenated alkanes) is 5. The van der Waals surface area contributed by atoms with Crippen molar-refractivity contribution in [3.05, 3.63) is 24.7 Å². The lowest BCUT2D eigenvalue weighted by molar-refractivity contribution is 0.166. The van der Waals surface area contributed by atoms with E-state index in [0.717, 1.165) is 37.5 Å². The van der Waals surface area contributed by atoms with Crippen LogP contribution in [-0.4, -0.2) is 21.9 Å². The van der Waals surface area contributed by atoms with E-state index in [-0.39, 0.29) is 0 Å². The second kappa shape index (κ2) is 21.7. The zero-order valence-corrected chi connectivity index (χ0v) is 20.1. The van der Waals surface area contributed by atoms with Gasteiger partial charge >= 0.3 is 0 Å². The zero-order chi connectivity index (χ0) is 22.5. The number of aliphatic hydroxyl groups excluding tert-OH is 3. The van der Waals surface area contributed by atoms with Gasteiger partial charge in [0.2, 0.25) is 0 Å². The second-order valence-corrected chi connectivity index (χ2v) is 9.26. The predicted octanol–water partition coefficient (Wildman–Crippen LogP) is 8.50. The van der Waals surface area contributed by atoms with Crippen molar-refractivity contribution >= 4 is 0 Å². The fourth-order valence-electron chi connectivity index (χ4n) is 3.54. The molecule has 2 atom stereocenters. The van der Waals surface area contributed by atoms with Crippen LogP contribution in [0, 0.1) is 17.8 Å². The van der Waals surface area contributed by atoms with Gasteiger partial charge in [0, 0.05) is 19.4 Å². The molecule has 29 heavy (non-hydrogen) atoms. The summed E-state index contributed by atoms with van der Waals surface area (Å²) in [5.41, 5.74) is 0. The number of hydrogen-bond acceptors (Lipinski definition) is 3. The Morgan fingerprint density at radius 2 is 1.45 bits per heavy atom. The summed E-state index contributed by atoms with van der Waals surface area (Å²) < 4.78 is 0. The van der Waals surface area contributed by atoms with E-state index in [1.807, 2.05) is 0 Å². The van der Waals surface area contributed by atoms with Crippen LogP contribution in [0.25, 0.3) is 0 Å². The van der Waals surface area contributed by atoms with Gasteiger partial charge in [0.15, 0.2) is 0 Å². The highest BCUT2D eigenvalue weighted by atomic mass is 16.3. The molecule has 0 amide bonds. The summed E-state index contributed by atoms with van der Waals surface area (Å²) >= 11 is 0. The van der Waals surface area contributed by atoms with E-state index in [1.54, 1.807) is 0 Å². The molecule has 2 unspecified atom stereocenters. The Kier molecular flexibility index (Phi) is 22.7. The molecule has 1 aliphatic carbocycles. The van der Waals surface area contributed by atoms with Gasteiger partial charge in [-0.05, 0) is 43.4 Å². The van der Waals surface area contributed by atoms with Crippen molar-refractivity contribution in [3.63, 3.8) is 0 Å². The third-order valence-corrected chi connectivity index (χ3v) is 5.37. The Labute approximate surface area is 182 Å². The third-order valence-electron chi connectivity index (χ3n) is 5.37. The molecule has 0 aromatic rings. The van der Waals surface area contributed by atoms with E-state index in [4.69, 9.17) is 15.3 Å². The highest BCUT2D eigenvalue weighted by Crippen LogP contribution is 2.27. The van der Waals surface area contributed by atoms with E-state index in [1.165, 1.54) is 64.2 Å². The van der Waals surface area contributed by atoms with Gasteiger partial charge in [-0.25, -0.2) is 0 Å². The van der Waals surface area contributed by atoms with Gasteiger partial charge < -0.3 is 15.3 Å². The smallest absolute Gasteiger partial charge is 0.0851 e. The predicted molar refractivity (Wildman–Crippen MR) is 128 cm³/mol. The van der Waals surface area contributed by atoms with Crippen molar-refractivity contribution < 1.29 is 15.3 Å². The SMILES string of the molecule is C=C(O)CCCCC(C)C.C=C(O)CCCCCCC.CC1CCCC(CO)C1. The maximum atomic E-state index is 8.81. The summed E-state index contributed by atoms with van der Waals surface area (Å²) in [5, 5.41) is 26.2. The lowest BCUT2D eigenvalue weighted by Gasteiger charge is -2.24. The molecule has 1 saturated carbocycles. The van der Waals surface area contributed by atoms with Crippen LogP contribution >= 0.6 is 0 Å². The standard InChI is InChI=1S/2C9H18O.C8H16O/c1-8(2)6-4-5-7-9(3)10;1-3-4-5-6-7-8-9(2)10;1-7-3-2-4-8(5-7)6-9/h8,10H,3-7H2,1-2H3;10H,2-8H2,1H3;7-9H,2-6H2,1H3. The highest BCUT2D eigenvalue weighted by Gasteiger charge is 2.17. The number of allylic oxidation sites excluding steroid dienone is 2. The number of aliphatic hydroxyl groups is 3. The third kappa shape index (κ3) is 27.0. The first-order valence-corrected chi connectivity index (χ1v) is 12.1. The van der Waals surface area contributed by atoms with Crippen molar-refractivity contribution in [2.24, 2.45) is 17.8 Å². The molecular formula is C26H52O3. The molecule has 3 N–H and O–H groups in total. The minimum atomic E-state index is 0.323. The Morgan fingerprint density at radius 1 is 0.897 bits per heavy atom. The average molecular weight is 413 g/mol. The number of rotatable bonds is 12. The fraction of sp³-hybridized carbons (Fsp3) is 0.846. The Bertz CT molecular complexity index is 376. The van der Waals surface area contributed by atoms with Crippen molar-refractivity contribution in [2.45, 2.75) is 118 Å². The molecule has 0 aliphatic heterocycles. The molecule has 1 fully saturated rings. The fourth-order valence-corrected chi connectivity index (χ4v) is 3.54. The molecule has 3 nitrogen and oxygen atoms in total. The molecule has 1 rings (SSSR count). The van der Waals surface area contributed by atoms with Crippen molar-refractivity contribution in [1.29, 1.82) is 0 Å². The van der Waals surface area contributed by atoms with Gasteiger partial charge in [0.25, 0.3) is 0 Å². The van der Waals surface area contributed by atoms with Gasteiger partial charge in [0.05, 0.1) is 11.5 Å². The van der Waals surface area contributed by atoms with Gasteiger partial charge in [-0.2, -0.15) is 0 Å². The number of hydrogen-bond donors (Lipinski definition) is 3. The van der Waals surface area contributed by atoms with Crippen LogP contribution in [0.15, 0.2) is 24.7 Å². The Balaban J connectivity index is 0. The summed E-state index contributed by atoms with van der Waals surface area (Å²) in [4.78, 5) is 0. The monoisotopic (exact) mass is 412 g/mol. The minimum Gasteiger partial charge on any atom is -0.513 e. The van der Waals surface area contributed by atoms with Crippen molar-refractivity contribution in [3.8, 4) is 0 Å². The summed E-state index contributed by atoms with van der Waals surface area (Å²) in [7, 11) is 0. The van der Waals surface area contributed by atoms with Crippen molar-refractivity contribution in [1.82, 2.24) is 0 Å². The highest BCUT2D eigenvalue weighted by molar-refractivity contribution is 4.78. The Morgan fingerprint density at radius 3 is 1.86 bits per heavy atom. The molecule has 0 aromatic heterocycles. The largest absolute Gasteiger partial charge is 0.513 e.